The fourth-order valence-corrected chi connectivity index (χ4v) is 2.21. The molecule has 2 unspecified atom stereocenters. The van der Waals surface area contributed by atoms with Gasteiger partial charge in [0.25, 0.3) is 0 Å². The highest BCUT2D eigenvalue weighted by atomic mass is 19.1. The Hall–Kier alpha value is -1.46. The molecule has 1 aromatic carbocycles. The van der Waals surface area contributed by atoms with Crippen molar-refractivity contribution in [3.05, 3.63) is 35.1 Å². The number of benzene rings is 1. The highest BCUT2D eigenvalue weighted by Crippen LogP contribution is 2.25. The van der Waals surface area contributed by atoms with E-state index in [1.807, 2.05) is 6.07 Å². The molecule has 0 bridgehead atoms. The Bertz CT molecular complexity index is 451. The molecule has 98 valence electrons. The maximum Gasteiger partial charge on any atom is 0.303 e. The van der Waals surface area contributed by atoms with Gasteiger partial charge in [-0.15, -0.1) is 0 Å². The molecule has 1 fully saturated rings. The zero-order valence-corrected chi connectivity index (χ0v) is 10.2. The Morgan fingerprint density at radius 1 is 1.50 bits per heavy atom. The molecule has 1 heterocycles. The maximum absolute atomic E-state index is 13.2. The van der Waals surface area contributed by atoms with Crippen LogP contribution >= 0.6 is 0 Å². The predicted molar refractivity (Wildman–Crippen MR) is 65.4 cm³/mol. The zero-order valence-electron chi connectivity index (χ0n) is 10.2. The number of carboxylic acids is 1. The molecule has 2 rings (SSSR count). The minimum Gasteiger partial charge on any atom is -0.481 e. The lowest BCUT2D eigenvalue weighted by Crippen LogP contribution is -2.31. The van der Waals surface area contributed by atoms with Gasteiger partial charge in [0.2, 0.25) is 0 Å². The predicted octanol–water partition coefficient (Wildman–Crippen LogP) is 1.91. The van der Waals surface area contributed by atoms with Crippen molar-refractivity contribution in [2.75, 3.05) is 0 Å². The van der Waals surface area contributed by atoms with E-state index in [0.717, 1.165) is 12.0 Å². The summed E-state index contributed by atoms with van der Waals surface area (Å²) in [5, 5.41) is 8.63. The van der Waals surface area contributed by atoms with Crippen LogP contribution in [-0.2, 0) is 4.79 Å². The first-order valence-electron chi connectivity index (χ1n) is 6.05. The molecule has 18 heavy (non-hydrogen) atoms. The molecule has 0 radical (unpaired) electrons. The topological polar surface area (TPSA) is 61.4 Å². The van der Waals surface area contributed by atoms with E-state index < -0.39 is 5.97 Å². The van der Waals surface area contributed by atoms with Crippen LogP contribution in [0.25, 0.3) is 0 Å². The number of hydrogen-bond donors (Lipinski definition) is 3. The van der Waals surface area contributed by atoms with Crippen LogP contribution in [-0.4, -0.2) is 17.1 Å². The summed E-state index contributed by atoms with van der Waals surface area (Å²) < 4.78 is 13.2. The zero-order chi connectivity index (χ0) is 13.1. The molecule has 0 amide bonds. The molecule has 1 aromatic rings. The molecule has 2 atom stereocenters. The number of nitrogens with one attached hydrogen (secondary N) is 2. The van der Waals surface area contributed by atoms with Gasteiger partial charge in [0.1, 0.15) is 5.82 Å². The van der Waals surface area contributed by atoms with Crippen molar-refractivity contribution in [1.82, 2.24) is 10.9 Å². The Morgan fingerprint density at radius 2 is 2.28 bits per heavy atom. The standard InChI is InChI=1S/C13H17FN2O2/c1-8-6-9(2-4-11(8)14)12-7-10(15-16-12)3-5-13(17)18/h2,4,6,10,12,15-16H,3,5,7H2,1H3,(H,17,18). The first-order valence-corrected chi connectivity index (χ1v) is 6.05. The van der Waals surface area contributed by atoms with E-state index in [1.54, 1.807) is 13.0 Å². The SMILES string of the molecule is Cc1cc(C2CC(CCC(=O)O)NN2)ccc1F. The molecular weight excluding hydrogens is 235 g/mol. The summed E-state index contributed by atoms with van der Waals surface area (Å²) in [5.41, 5.74) is 7.87. The van der Waals surface area contributed by atoms with Crippen molar-refractivity contribution in [3.8, 4) is 0 Å². The van der Waals surface area contributed by atoms with Crippen molar-refractivity contribution < 1.29 is 14.3 Å². The van der Waals surface area contributed by atoms with Gasteiger partial charge in [0.15, 0.2) is 0 Å². The second kappa shape index (κ2) is 5.46. The van der Waals surface area contributed by atoms with Gasteiger partial charge in [-0.05, 0) is 37.0 Å². The number of halogens is 1. The Morgan fingerprint density at radius 3 is 2.94 bits per heavy atom. The molecule has 0 aromatic heterocycles. The van der Waals surface area contributed by atoms with E-state index in [0.29, 0.717) is 12.0 Å². The summed E-state index contributed by atoms with van der Waals surface area (Å²) in [6.07, 6.45) is 1.58. The van der Waals surface area contributed by atoms with Gasteiger partial charge >= 0.3 is 5.97 Å². The lowest BCUT2D eigenvalue weighted by Gasteiger charge is -2.10. The summed E-state index contributed by atoms with van der Waals surface area (Å²) >= 11 is 0. The summed E-state index contributed by atoms with van der Waals surface area (Å²) in [7, 11) is 0. The third-order valence-corrected chi connectivity index (χ3v) is 3.27. The highest BCUT2D eigenvalue weighted by Gasteiger charge is 2.25. The average molecular weight is 252 g/mol. The molecule has 3 N–H and O–H groups in total. The second-order valence-corrected chi connectivity index (χ2v) is 4.71. The van der Waals surface area contributed by atoms with Crippen LogP contribution in [0.4, 0.5) is 4.39 Å². The molecule has 1 saturated heterocycles. The van der Waals surface area contributed by atoms with Crippen LogP contribution in [0.1, 0.15) is 36.4 Å². The minimum absolute atomic E-state index is 0.114. The molecule has 0 spiro atoms. The first-order chi connectivity index (χ1) is 8.56. The van der Waals surface area contributed by atoms with Gasteiger partial charge in [0, 0.05) is 18.5 Å². The van der Waals surface area contributed by atoms with Crippen LogP contribution in [0.2, 0.25) is 0 Å². The van der Waals surface area contributed by atoms with Gasteiger partial charge in [-0.1, -0.05) is 12.1 Å². The monoisotopic (exact) mass is 252 g/mol. The fourth-order valence-electron chi connectivity index (χ4n) is 2.21. The van der Waals surface area contributed by atoms with E-state index in [4.69, 9.17) is 5.11 Å². The lowest BCUT2D eigenvalue weighted by molar-refractivity contribution is -0.137. The molecule has 1 aliphatic heterocycles. The Kier molecular flexibility index (Phi) is 3.93. The lowest BCUT2D eigenvalue weighted by atomic mass is 9.98. The molecule has 0 saturated carbocycles. The summed E-state index contributed by atoms with van der Waals surface area (Å²) in [6.45, 7) is 1.74. The van der Waals surface area contributed by atoms with Crippen molar-refractivity contribution >= 4 is 5.97 Å². The van der Waals surface area contributed by atoms with Crippen molar-refractivity contribution in [3.63, 3.8) is 0 Å². The van der Waals surface area contributed by atoms with E-state index >= 15 is 0 Å². The normalized spacial score (nSPS) is 23.2. The quantitative estimate of drug-likeness (QED) is 0.766. The van der Waals surface area contributed by atoms with E-state index in [1.165, 1.54) is 6.07 Å². The van der Waals surface area contributed by atoms with Gasteiger partial charge in [-0.25, -0.2) is 4.39 Å². The second-order valence-electron chi connectivity index (χ2n) is 4.71. The van der Waals surface area contributed by atoms with Crippen molar-refractivity contribution in [1.29, 1.82) is 0 Å². The summed E-state index contributed by atoms with van der Waals surface area (Å²) in [6, 6.07) is 5.33. The van der Waals surface area contributed by atoms with Crippen LogP contribution in [0.3, 0.4) is 0 Å². The number of hydrazine groups is 1. The third-order valence-electron chi connectivity index (χ3n) is 3.27. The number of rotatable bonds is 4. The maximum atomic E-state index is 13.2. The highest BCUT2D eigenvalue weighted by molar-refractivity contribution is 5.66. The van der Waals surface area contributed by atoms with Crippen LogP contribution in [0.15, 0.2) is 18.2 Å². The van der Waals surface area contributed by atoms with E-state index in [-0.39, 0.29) is 24.3 Å². The third kappa shape index (κ3) is 3.05. The van der Waals surface area contributed by atoms with Crippen molar-refractivity contribution in [2.45, 2.75) is 38.3 Å². The van der Waals surface area contributed by atoms with Crippen LogP contribution < -0.4 is 10.9 Å². The van der Waals surface area contributed by atoms with Gasteiger partial charge in [-0.2, -0.15) is 0 Å². The molecular formula is C13H17FN2O2. The number of hydrogen-bond acceptors (Lipinski definition) is 3. The number of carboxylic acid groups (broad SMARTS) is 1. The Labute approximate surface area is 105 Å². The number of carbonyl (C=O) groups is 1. The number of aryl methyl sites for hydroxylation is 1. The van der Waals surface area contributed by atoms with Gasteiger partial charge in [0.05, 0.1) is 0 Å². The molecule has 0 aliphatic carbocycles. The van der Waals surface area contributed by atoms with Crippen LogP contribution in [0.5, 0.6) is 0 Å². The smallest absolute Gasteiger partial charge is 0.303 e. The van der Waals surface area contributed by atoms with Gasteiger partial charge < -0.3 is 5.11 Å². The number of aliphatic carboxylic acids is 1. The van der Waals surface area contributed by atoms with E-state index in [2.05, 4.69) is 10.9 Å². The first kappa shape index (κ1) is 13.0. The van der Waals surface area contributed by atoms with Crippen LogP contribution in [0, 0.1) is 12.7 Å². The summed E-state index contributed by atoms with van der Waals surface area (Å²) in [4.78, 5) is 10.5. The largest absolute Gasteiger partial charge is 0.481 e. The average Bonchev–Trinajstić information content (AvgIpc) is 2.79. The Balaban J connectivity index is 1.95. The molecule has 4 nitrogen and oxygen atoms in total. The van der Waals surface area contributed by atoms with E-state index in [9.17, 15) is 9.18 Å². The van der Waals surface area contributed by atoms with Crippen molar-refractivity contribution in [2.24, 2.45) is 0 Å². The fraction of sp³-hybridized carbons (Fsp3) is 0.462. The van der Waals surface area contributed by atoms with Gasteiger partial charge in [-0.3, -0.25) is 15.6 Å². The minimum atomic E-state index is -0.780. The summed E-state index contributed by atoms with van der Waals surface area (Å²) in [5.74, 6) is -0.981. The molecule has 1 aliphatic rings. The molecule has 5 heteroatoms.